The Labute approximate surface area is 148 Å². The first-order valence-electron chi connectivity index (χ1n) is 8.37. The van der Waals surface area contributed by atoms with Crippen LogP contribution in [-0.4, -0.2) is 21.8 Å². The van der Waals surface area contributed by atoms with Crippen LogP contribution in [0.3, 0.4) is 0 Å². The van der Waals surface area contributed by atoms with Crippen LogP contribution in [0.5, 0.6) is 0 Å². The van der Waals surface area contributed by atoms with Gasteiger partial charge in [-0.2, -0.15) is 0 Å². The third kappa shape index (κ3) is 2.92. The largest absolute Gasteiger partial charge is 0.345 e. The molecule has 4 rings (SSSR count). The molecule has 132 valence electrons. The van der Waals surface area contributed by atoms with E-state index >= 15 is 0 Å². The van der Waals surface area contributed by atoms with Crippen molar-refractivity contribution < 1.29 is 14.0 Å². The standard InChI is InChI=1S/C19H17FN4O2/c1-10(11-2-4-15-12(6-11)3-5-17(25)24-15)23-19(26)14-7-13(20)8-16-18(14)22-9-21-16/h2,4,6-10H,3,5H2,1H3,(H,21,22)(H,23,26)(H,24,25). The fourth-order valence-electron chi connectivity index (χ4n) is 3.22. The Morgan fingerprint density at radius 2 is 2.12 bits per heavy atom. The van der Waals surface area contributed by atoms with Crippen LogP contribution in [0.1, 0.15) is 40.9 Å². The number of fused-ring (bicyclic) bond motifs is 2. The first kappa shape index (κ1) is 16.3. The minimum Gasteiger partial charge on any atom is -0.345 e. The van der Waals surface area contributed by atoms with Crippen LogP contribution in [0.25, 0.3) is 11.0 Å². The SMILES string of the molecule is CC(NC(=O)c1cc(F)cc2[nH]cnc12)c1ccc2c(c1)CCC(=O)N2. The molecule has 1 unspecified atom stereocenters. The van der Waals surface area contributed by atoms with E-state index in [0.717, 1.165) is 16.8 Å². The quantitative estimate of drug-likeness (QED) is 0.677. The molecular formula is C19H17FN4O2. The van der Waals surface area contributed by atoms with Gasteiger partial charge in [-0.15, -0.1) is 0 Å². The van der Waals surface area contributed by atoms with Crippen LogP contribution in [-0.2, 0) is 11.2 Å². The molecule has 6 nitrogen and oxygen atoms in total. The maximum Gasteiger partial charge on any atom is 0.254 e. The summed E-state index contributed by atoms with van der Waals surface area (Å²) < 4.78 is 13.8. The van der Waals surface area contributed by atoms with Gasteiger partial charge in [-0.3, -0.25) is 9.59 Å². The van der Waals surface area contributed by atoms with Crippen LogP contribution >= 0.6 is 0 Å². The van der Waals surface area contributed by atoms with E-state index < -0.39 is 5.82 Å². The third-order valence-corrected chi connectivity index (χ3v) is 4.61. The van der Waals surface area contributed by atoms with Crippen molar-refractivity contribution in [2.24, 2.45) is 0 Å². The molecule has 0 spiro atoms. The van der Waals surface area contributed by atoms with Crippen LogP contribution in [0, 0.1) is 5.82 Å². The first-order chi connectivity index (χ1) is 12.5. The van der Waals surface area contributed by atoms with Gasteiger partial charge in [-0.05, 0) is 42.7 Å². The van der Waals surface area contributed by atoms with E-state index in [2.05, 4.69) is 20.6 Å². The smallest absolute Gasteiger partial charge is 0.254 e. The second-order valence-corrected chi connectivity index (χ2v) is 6.41. The molecule has 0 bridgehead atoms. The van der Waals surface area contributed by atoms with E-state index in [1.165, 1.54) is 18.5 Å². The van der Waals surface area contributed by atoms with Gasteiger partial charge in [0, 0.05) is 12.1 Å². The zero-order valence-electron chi connectivity index (χ0n) is 14.1. The van der Waals surface area contributed by atoms with E-state index in [1.807, 2.05) is 25.1 Å². The van der Waals surface area contributed by atoms with Gasteiger partial charge in [0.15, 0.2) is 0 Å². The summed E-state index contributed by atoms with van der Waals surface area (Å²) in [4.78, 5) is 31.0. The number of rotatable bonds is 3. The Bertz CT molecular complexity index is 1030. The predicted molar refractivity (Wildman–Crippen MR) is 95.3 cm³/mol. The van der Waals surface area contributed by atoms with Crippen molar-refractivity contribution in [3.05, 3.63) is 59.2 Å². The van der Waals surface area contributed by atoms with E-state index in [-0.39, 0.29) is 23.4 Å². The van der Waals surface area contributed by atoms with E-state index in [9.17, 15) is 14.0 Å². The first-order valence-corrected chi connectivity index (χ1v) is 8.37. The topological polar surface area (TPSA) is 86.9 Å². The van der Waals surface area contributed by atoms with Gasteiger partial charge in [0.25, 0.3) is 5.91 Å². The van der Waals surface area contributed by atoms with Crippen molar-refractivity contribution in [3.8, 4) is 0 Å². The van der Waals surface area contributed by atoms with Crippen molar-refractivity contribution in [1.29, 1.82) is 0 Å². The zero-order valence-corrected chi connectivity index (χ0v) is 14.1. The Hall–Kier alpha value is -3.22. The highest BCUT2D eigenvalue weighted by molar-refractivity contribution is 6.05. The molecule has 2 heterocycles. The van der Waals surface area contributed by atoms with Gasteiger partial charge in [0.1, 0.15) is 11.3 Å². The lowest BCUT2D eigenvalue weighted by Crippen LogP contribution is -2.27. The number of anilines is 1. The number of carbonyl (C=O) groups is 2. The van der Waals surface area contributed by atoms with E-state index in [4.69, 9.17) is 0 Å². The molecule has 0 fully saturated rings. The summed E-state index contributed by atoms with van der Waals surface area (Å²) in [5, 5.41) is 5.73. The minimum atomic E-state index is -0.496. The van der Waals surface area contributed by atoms with Crippen LogP contribution in [0.4, 0.5) is 10.1 Å². The van der Waals surface area contributed by atoms with E-state index in [0.29, 0.717) is 23.9 Å². The van der Waals surface area contributed by atoms with Crippen molar-refractivity contribution in [1.82, 2.24) is 15.3 Å². The maximum atomic E-state index is 13.8. The number of hydrogen-bond donors (Lipinski definition) is 3. The third-order valence-electron chi connectivity index (χ3n) is 4.61. The second kappa shape index (κ2) is 6.25. The Morgan fingerprint density at radius 1 is 1.27 bits per heavy atom. The molecule has 1 atom stereocenters. The number of nitrogens with one attached hydrogen (secondary N) is 3. The maximum absolute atomic E-state index is 13.8. The number of halogens is 1. The fraction of sp³-hybridized carbons (Fsp3) is 0.211. The number of amides is 2. The molecule has 1 aromatic heterocycles. The summed E-state index contributed by atoms with van der Waals surface area (Å²) in [5.41, 5.74) is 3.88. The number of benzene rings is 2. The van der Waals surface area contributed by atoms with E-state index in [1.54, 1.807) is 0 Å². The van der Waals surface area contributed by atoms with Gasteiger partial charge < -0.3 is 15.6 Å². The molecule has 26 heavy (non-hydrogen) atoms. The summed E-state index contributed by atoms with van der Waals surface area (Å²) in [6, 6.07) is 7.91. The lowest BCUT2D eigenvalue weighted by atomic mass is 9.97. The molecule has 2 amide bonds. The lowest BCUT2D eigenvalue weighted by Gasteiger charge is -2.20. The molecule has 3 aromatic rings. The summed E-state index contributed by atoms with van der Waals surface area (Å²) in [7, 11) is 0. The molecule has 7 heteroatoms. The number of H-pyrrole nitrogens is 1. The number of aromatic nitrogens is 2. The number of imidazole rings is 1. The average Bonchev–Trinajstić information content (AvgIpc) is 3.08. The molecule has 1 aliphatic rings. The second-order valence-electron chi connectivity index (χ2n) is 6.41. The summed E-state index contributed by atoms with van der Waals surface area (Å²) in [5.74, 6) is -0.870. The summed E-state index contributed by atoms with van der Waals surface area (Å²) in [6.45, 7) is 1.86. The molecule has 0 saturated carbocycles. The van der Waals surface area contributed by atoms with Crippen LogP contribution in [0.2, 0.25) is 0 Å². The Morgan fingerprint density at radius 3 is 2.96 bits per heavy atom. The van der Waals surface area contributed by atoms with Crippen LogP contribution in [0.15, 0.2) is 36.7 Å². The average molecular weight is 352 g/mol. The summed E-state index contributed by atoms with van der Waals surface area (Å²) >= 11 is 0. The Balaban J connectivity index is 1.58. The number of hydrogen-bond acceptors (Lipinski definition) is 3. The number of nitrogens with zero attached hydrogens (tertiary/aromatic N) is 1. The number of aryl methyl sites for hydroxylation is 1. The van der Waals surface area contributed by atoms with Crippen molar-refractivity contribution in [2.45, 2.75) is 25.8 Å². The minimum absolute atomic E-state index is 0.0146. The van der Waals surface area contributed by atoms with Crippen molar-refractivity contribution >= 4 is 28.5 Å². The Kier molecular flexibility index (Phi) is 3.91. The number of aromatic amines is 1. The molecule has 2 aromatic carbocycles. The molecule has 3 N–H and O–H groups in total. The highest BCUT2D eigenvalue weighted by Crippen LogP contribution is 2.26. The van der Waals surface area contributed by atoms with Gasteiger partial charge in [0.2, 0.25) is 5.91 Å². The van der Waals surface area contributed by atoms with Crippen molar-refractivity contribution in [3.63, 3.8) is 0 Å². The molecule has 0 radical (unpaired) electrons. The van der Waals surface area contributed by atoms with Crippen molar-refractivity contribution in [2.75, 3.05) is 5.32 Å². The van der Waals surface area contributed by atoms with Gasteiger partial charge in [0.05, 0.1) is 23.4 Å². The van der Waals surface area contributed by atoms with Gasteiger partial charge in [-0.1, -0.05) is 12.1 Å². The lowest BCUT2D eigenvalue weighted by molar-refractivity contribution is -0.116. The fourth-order valence-corrected chi connectivity index (χ4v) is 3.22. The molecule has 0 saturated heterocycles. The van der Waals surface area contributed by atoms with Crippen LogP contribution < -0.4 is 10.6 Å². The normalized spacial score (nSPS) is 14.6. The zero-order chi connectivity index (χ0) is 18.3. The predicted octanol–water partition coefficient (Wildman–Crippen LogP) is 3.08. The molecule has 0 aliphatic carbocycles. The summed E-state index contributed by atoms with van der Waals surface area (Å²) in [6.07, 6.45) is 2.56. The molecule has 1 aliphatic heterocycles. The highest BCUT2D eigenvalue weighted by atomic mass is 19.1. The van der Waals surface area contributed by atoms with Gasteiger partial charge in [-0.25, -0.2) is 9.37 Å². The highest BCUT2D eigenvalue weighted by Gasteiger charge is 2.19. The number of carbonyl (C=O) groups excluding carboxylic acids is 2. The van der Waals surface area contributed by atoms with Gasteiger partial charge >= 0.3 is 0 Å². The molecular weight excluding hydrogens is 335 g/mol. The monoisotopic (exact) mass is 352 g/mol.